The lowest BCUT2D eigenvalue weighted by atomic mass is 10.0. The third-order valence-electron chi connectivity index (χ3n) is 3.35. The molecule has 3 heteroatoms. The lowest BCUT2D eigenvalue weighted by molar-refractivity contribution is 0.0623. The van der Waals surface area contributed by atoms with E-state index in [-0.39, 0.29) is 0 Å². The minimum atomic E-state index is 0.310. The van der Waals surface area contributed by atoms with Crippen molar-refractivity contribution in [2.24, 2.45) is 0 Å². The van der Waals surface area contributed by atoms with E-state index in [2.05, 4.69) is 69.2 Å². The molecule has 3 nitrogen and oxygen atoms in total. The molecule has 0 aliphatic carbocycles. The molecule has 0 aromatic heterocycles. The number of aryl methyl sites for hydroxylation is 1. The third-order valence-corrected chi connectivity index (χ3v) is 3.35. The Bertz CT molecular complexity index is 362. The largest absolute Gasteiger partial charge is 0.377 e. The maximum atomic E-state index is 5.61. The molecule has 20 heavy (non-hydrogen) atoms. The van der Waals surface area contributed by atoms with Crippen molar-refractivity contribution in [2.45, 2.75) is 39.8 Å². The van der Waals surface area contributed by atoms with Crippen LogP contribution < -0.4 is 5.32 Å². The van der Waals surface area contributed by atoms with E-state index in [0.717, 1.165) is 26.2 Å². The standard InChI is InChI=1S/C17H30N2O/c1-6-18-17(16-9-7-15(4)8-10-16)13-19(5)11-12-20-14(2)3/h7-10,14,17-18H,6,11-13H2,1-5H3. The average molecular weight is 278 g/mol. The van der Waals surface area contributed by atoms with E-state index in [1.54, 1.807) is 0 Å². The number of hydrogen-bond donors (Lipinski definition) is 1. The second-order valence-electron chi connectivity index (χ2n) is 5.70. The molecule has 0 heterocycles. The molecule has 0 bridgehead atoms. The first kappa shape index (κ1) is 17.2. The summed E-state index contributed by atoms with van der Waals surface area (Å²) in [4.78, 5) is 2.33. The predicted molar refractivity (Wildman–Crippen MR) is 86.2 cm³/mol. The molecule has 1 atom stereocenters. The predicted octanol–water partition coefficient (Wildman–Crippen LogP) is 3.00. The second kappa shape index (κ2) is 9.11. The van der Waals surface area contributed by atoms with Crippen molar-refractivity contribution >= 4 is 0 Å². The van der Waals surface area contributed by atoms with E-state index in [4.69, 9.17) is 4.74 Å². The van der Waals surface area contributed by atoms with Crippen molar-refractivity contribution in [1.82, 2.24) is 10.2 Å². The summed E-state index contributed by atoms with van der Waals surface area (Å²) in [7, 11) is 2.15. The van der Waals surface area contributed by atoms with Crippen LogP contribution in [0.3, 0.4) is 0 Å². The van der Waals surface area contributed by atoms with E-state index in [0.29, 0.717) is 12.1 Å². The highest BCUT2D eigenvalue weighted by atomic mass is 16.5. The molecule has 1 unspecified atom stereocenters. The lowest BCUT2D eigenvalue weighted by Crippen LogP contribution is -2.35. The van der Waals surface area contributed by atoms with E-state index in [1.165, 1.54) is 11.1 Å². The molecule has 0 spiro atoms. The first-order valence-corrected chi connectivity index (χ1v) is 7.63. The van der Waals surface area contributed by atoms with Crippen LogP contribution in [0.25, 0.3) is 0 Å². The summed E-state index contributed by atoms with van der Waals surface area (Å²) in [6.07, 6.45) is 0.310. The molecule has 0 amide bonds. The Morgan fingerprint density at radius 3 is 2.40 bits per heavy atom. The van der Waals surface area contributed by atoms with Gasteiger partial charge in [0.2, 0.25) is 0 Å². The van der Waals surface area contributed by atoms with Crippen LogP contribution in [0.1, 0.15) is 37.9 Å². The van der Waals surface area contributed by atoms with Crippen molar-refractivity contribution in [2.75, 3.05) is 33.3 Å². The summed E-state index contributed by atoms with van der Waals surface area (Å²) in [5.74, 6) is 0. The molecule has 1 rings (SSSR count). The van der Waals surface area contributed by atoms with E-state index in [1.807, 2.05) is 0 Å². The minimum Gasteiger partial charge on any atom is -0.377 e. The van der Waals surface area contributed by atoms with Crippen LogP contribution in [0.15, 0.2) is 24.3 Å². The van der Waals surface area contributed by atoms with Crippen molar-refractivity contribution in [3.63, 3.8) is 0 Å². The Hall–Kier alpha value is -0.900. The number of benzene rings is 1. The number of ether oxygens (including phenoxy) is 1. The summed E-state index contributed by atoms with van der Waals surface area (Å²) < 4.78 is 5.61. The van der Waals surface area contributed by atoms with Gasteiger partial charge in [-0.25, -0.2) is 0 Å². The fourth-order valence-electron chi connectivity index (χ4n) is 2.18. The van der Waals surface area contributed by atoms with Crippen LogP contribution in [0.5, 0.6) is 0 Å². The summed E-state index contributed by atoms with van der Waals surface area (Å²) in [5, 5.41) is 3.57. The molecule has 0 saturated carbocycles. The molecule has 0 saturated heterocycles. The zero-order valence-corrected chi connectivity index (χ0v) is 13.6. The molecule has 0 radical (unpaired) electrons. The molecular weight excluding hydrogens is 248 g/mol. The Morgan fingerprint density at radius 2 is 1.85 bits per heavy atom. The van der Waals surface area contributed by atoms with Crippen molar-refractivity contribution in [3.05, 3.63) is 35.4 Å². The SMILES string of the molecule is CCNC(CN(C)CCOC(C)C)c1ccc(C)cc1. The van der Waals surface area contributed by atoms with Crippen molar-refractivity contribution in [1.29, 1.82) is 0 Å². The first-order chi connectivity index (χ1) is 9.52. The average Bonchev–Trinajstić information content (AvgIpc) is 2.38. The van der Waals surface area contributed by atoms with Crippen LogP contribution in [0, 0.1) is 6.92 Å². The molecule has 0 aliphatic heterocycles. The quantitative estimate of drug-likeness (QED) is 0.751. The van der Waals surface area contributed by atoms with E-state index < -0.39 is 0 Å². The minimum absolute atomic E-state index is 0.310. The van der Waals surface area contributed by atoms with Gasteiger partial charge >= 0.3 is 0 Å². The maximum Gasteiger partial charge on any atom is 0.0596 e. The monoisotopic (exact) mass is 278 g/mol. The number of rotatable bonds is 9. The van der Waals surface area contributed by atoms with Gasteiger partial charge in [0.1, 0.15) is 0 Å². The number of likely N-dealkylation sites (N-methyl/N-ethyl adjacent to an activating group) is 2. The van der Waals surface area contributed by atoms with Gasteiger partial charge in [0.15, 0.2) is 0 Å². The molecule has 0 fully saturated rings. The molecule has 1 N–H and O–H groups in total. The summed E-state index contributed by atoms with van der Waals surface area (Å²) in [6, 6.07) is 9.19. The summed E-state index contributed by atoms with van der Waals surface area (Å²) in [6.45, 7) is 12.2. The highest BCUT2D eigenvalue weighted by molar-refractivity contribution is 5.24. The molecular formula is C17H30N2O. The van der Waals surface area contributed by atoms with Gasteiger partial charge in [-0.1, -0.05) is 36.8 Å². The maximum absolute atomic E-state index is 5.61. The zero-order valence-electron chi connectivity index (χ0n) is 13.6. The van der Waals surface area contributed by atoms with Crippen LogP contribution in [0.4, 0.5) is 0 Å². The molecule has 1 aromatic rings. The van der Waals surface area contributed by atoms with Crippen molar-refractivity contribution in [3.8, 4) is 0 Å². The van der Waals surface area contributed by atoms with Gasteiger partial charge in [-0.3, -0.25) is 0 Å². The smallest absolute Gasteiger partial charge is 0.0596 e. The van der Waals surface area contributed by atoms with Gasteiger partial charge in [-0.05, 0) is 39.9 Å². The van der Waals surface area contributed by atoms with E-state index >= 15 is 0 Å². The van der Waals surface area contributed by atoms with Crippen molar-refractivity contribution < 1.29 is 4.74 Å². The topological polar surface area (TPSA) is 24.5 Å². The first-order valence-electron chi connectivity index (χ1n) is 7.63. The Kier molecular flexibility index (Phi) is 7.82. The fraction of sp³-hybridized carbons (Fsp3) is 0.647. The molecule has 114 valence electrons. The fourth-order valence-corrected chi connectivity index (χ4v) is 2.18. The number of hydrogen-bond acceptors (Lipinski definition) is 3. The Labute approximate surface area is 124 Å². The summed E-state index contributed by atoms with van der Waals surface area (Å²) in [5.41, 5.74) is 2.66. The second-order valence-corrected chi connectivity index (χ2v) is 5.70. The van der Waals surface area contributed by atoms with Crippen LogP contribution in [0.2, 0.25) is 0 Å². The van der Waals surface area contributed by atoms with Crippen LogP contribution >= 0.6 is 0 Å². The third kappa shape index (κ3) is 6.51. The number of nitrogens with one attached hydrogen (secondary N) is 1. The van der Waals surface area contributed by atoms with Gasteiger partial charge in [0, 0.05) is 19.1 Å². The van der Waals surface area contributed by atoms with Gasteiger partial charge in [0.25, 0.3) is 0 Å². The number of nitrogens with zero attached hydrogens (tertiary/aromatic N) is 1. The van der Waals surface area contributed by atoms with Gasteiger partial charge in [0.05, 0.1) is 12.7 Å². The van der Waals surface area contributed by atoms with E-state index in [9.17, 15) is 0 Å². The van der Waals surface area contributed by atoms with Gasteiger partial charge in [-0.2, -0.15) is 0 Å². The molecule has 1 aromatic carbocycles. The zero-order chi connectivity index (χ0) is 15.0. The van der Waals surface area contributed by atoms with Gasteiger partial charge < -0.3 is 15.0 Å². The normalized spacial score (nSPS) is 13.2. The van der Waals surface area contributed by atoms with Gasteiger partial charge in [-0.15, -0.1) is 0 Å². The highest BCUT2D eigenvalue weighted by Crippen LogP contribution is 2.15. The lowest BCUT2D eigenvalue weighted by Gasteiger charge is -2.25. The van der Waals surface area contributed by atoms with Crippen LogP contribution in [-0.4, -0.2) is 44.3 Å². The van der Waals surface area contributed by atoms with Crippen LogP contribution in [-0.2, 0) is 4.74 Å². The summed E-state index contributed by atoms with van der Waals surface area (Å²) >= 11 is 0. The highest BCUT2D eigenvalue weighted by Gasteiger charge is 2.12. The molecule has 0 aliphatic rings. The Morgan fingerprint density at radius 1 is 1.20 bits per heavy atom. The Balaban J connectivity index is 2.51.